The molecule has 2 aliphatic heterocycles. The van der Waals surface area contributed by atoms with E-state index in [2.05, 4.69) is 214 Å². The lowest BCUT2D eigenvalue weighted by atomic mass is 9.76. The van der Waals surface area contributed by atoms with Gasteiger partial charge in [-0.2, -0.15) is 0 Å². The molecule has 2 fully saturated rings. The molecule has 13 rings (SSSR count). The van der Waals surface area contributed by atoms with Gasteiger partial charge in [0, 0.05) is 156 Å². The van der Waals surface area contributed by atoms with Gasteiger partial charge in [-0.25, -0.2) is 27.4 Å². The molecule has 21 heteroatoms. The number of hydrogen-bond acceptors (Lipinski definition) is 9. The van der Waals surface area contributed by atoms with Gasteiger partial charge in [-0.05, 0) is 128 Å². The molecule has 15 nitrogen and oxygen atoms in total. The molecule has 11 aromatic rings. The SMILES string of the molecule is BrCc1cc(C[n+]2ccc(-c3cc[n+](Cc4cc(CBr)cc(B5OCCCO5)c4)cc3)cc2)cc(B2OCCCO2)c1.C=Cc1cc[n+](Cc2cc(C[n+]3ccc(-c4cc[n+](Cc5cc(C[n+]6ccc(C=C)cc6)cc(B(O)O)c5)cc4)cc3)cc(O[B]O)c2)cc1.C=Cc1ccncc1. The molecule has 0 spiro atoms. The lowest BCUT2D eigenvalue weighted by Gasteiger charge is -2.20. The van der Waals surface area contributed by atoms with Crippen molar-refractivity contribution in [1.82, 2.24) is 4.98 Å². The monoisotopic (exact) mass is 1460 g/mol. The largest absolute Gasteiger partial charge is 0.569 e. The zero-order chi connectivity index (χ0) is 69.4. The topological polar surface area (TPSA) is 143 Å². The highest BCUT2D eigenvalue weighted by atomic mass is 79.9. The zero-order valence-electron chi connectivity index (χ0n) is 55.9. The normalized spacial score (nSPS) is 12.7. The van der Waals surface area contributed by atoms with E-state index in [1.165, 1.54) is 33.4 Å². The van der Waals surface area contributed by atoms with Gasteiger partial charge in [0.05, 0.1) is 0 Å². The highest BCUT2D eigenvalue weighted by Crippen LogP contribution is 2.21. The van der Waals surface area contributed by atoms with Crippen LogP contribution in [0.2, 0.25) is 0 Å². The van der Waals surface area contributed by atoms with Gasteiger partial charge in [0.15, 0.2) is 114 Å². The van der Waals surface area contributed by atoms with Gasteiger partial charge in [-0.15, -0.1) is 0 Å². The molecule has 4 aromatic carbocycles. The second kappa shape index (κ2) is 36.8. The van der Waals surface area contributed by atoms with Crippen LogP contribution in [0.5, 0.6) is 5.75 Å². The Morgan fingerprint density at radius 1 is 0.410 bits per heavy atom. The minimum atomic E-state index is -1.55. The number of benzene rings is 4. The molecule has 0 unspecified atom stereocenters. The minimum Gasteiger partial charge on any atom is -0.537 e. The summed E-state index contributed by atoms with van der Waals surface area (Å²) in [6, 6.07) is 53.9. The first-order valence-electron chi connectivity index (χ1n) is 33.3. The molecule has 7 aromatic heterocycles. The summed E-state index contributed by atoms with van der Waals surface area (Å²) in [5.74, 6) is 0.575. The van der Waals surface area contributed by atoms with E-state index in [0.717, 1.165) is 124 Å². The van der Waals surface area contributed by atoms with Gasteiger partial charge in [-0.1, -0.05) is 106 Å². The predicted octanol–water partition coefficient (Wildman–Crippen LogP) is 8.37. The Balaban J connectivity index is 0.000000183. The maximum absolute atomic E-state index is 9.96. The molecule has 2 aliphatic rings. The molecule has 499 valence electrons. The van der Waals surface area contributed by atoms with Crippen LogP contribution in [0.1, 0.15) is 74.0 Å². The first-order chi connectivity index (χ1) is 49.0. The average Bonchev–Trinajstić information content (AvgIpc) is 0.862. The summed E-state index contributed by atoms with van der Waals surface area (Å²) in [7, 11) is -1.40. The molecule has 100 heavy (non-hydrogen) atoms. The van der Waals surface area contributed by atoms with Crippen molar-refractivity contribution in [3.63, 3.8) is 0 Å². The first kappa shape index (κ1) is 72.2. The maximum Gasteiger partial charge on any atom is 0.569 e. The number of aromatic nitrogens is 7. The molecule has 9 heterocycles. The molecule has 2 saturated heterocycles. The number of alkyl halides is 2. The van der Waals surface area contributed by atoms with Crippen molar-refractivity contribution in [1.29, 1.82) is 0 Å². The highest BCUT2D eigenvalue weighted by molar-refractivity contribution is 9.08. The molecule has 0 bridgehead atoms. The smallest absolute Gasteiger partial charge is 0.537 e. The summed E-state index contributed by atoms with van der Waals surface area (Å²) >= 11 is 7.24. The minimum absolute atomic E-state index is 0.278. The van der Waals surface area contributed by atoms with Crippen LogP contribution < -0.4 is 48.4 Å². The van der Waals surface area contributed by atoms with Crippen LogP contribution in [0.25, 0.3) is 40.5 Å². The Hall–Kier alpha value is -9.11. The Labute approximate surface area is 604 Å². The molecule has 0 amide bonds. The van der Waals surface area contributed by atoms with Crippen molar-refractivity contribution in [2.45, 2.75) is 62.8 Å². The van der Waals surface area contributed by atoms with E-state index < -0.39 is 7.12 Å². The van der Waals surface area contributed by atoms with Crippen LogP contribution in [0.15, 0.2) is 264 Å². The lowest BCUT2D eigenvalue weighted by molar-refractivity contribution is -0.689. The van der Waals surface area contributed by atoms with E-state index >= 15 is 0 Å². The van der Waals surface area contributed by atoms with E-state index in [1.54, 1.807) is 24.5 Å². The van der Waals surface area contributed by atoms with Crippen molar-refractivity contribution in [2.24, 2.45) is 0 Å². The molecular formula is C79H80B4Br2N7O8+6. The van der Waals surface area contributed by atoms with Crippen LogP contribution in [0, 0.1) is 0 Å². The summed E-state index contributed by atoms with van der Waals surface area (Å²) < 4.78 is 41.5. The predicted molar refractivity (Wildman–Crippen MR) is 400 cm³/mol. The lowest BCUT2D eigenvalue weighted by Crippen LogP contribution is -2.42. The summed E-state index contributed by atoms with van der Waals surface area (Å²) in [6.07, 6.45) is 35.6. The summed E-state index contributed by atoms with van der Waals surface area (Å²) in [4.78, 5) is 3.85. The van der Waals surface area contributed by atoms with E-state index in [0.29, 0.717) is 45.1 Å². The van der Waals surface area contributed by atoms with Crippen molar-refractivity contribution >= 4 is 95.5 Å². The van der Waals surface area contributed by atoms with E-state index in [1.807, 2.05) is 108 Å². The number of nitrogens with zero attached hydrogens (tertiary/aromatic N) is 7. The third kappa shape index (κ3) is 21.2. The number of rotatable bonds is 24. The third-order valence-electron chi connectivity index (χ3n) is 16.9. The van der Waals surface area contributed by atoms with Gasteiger partial charge >= 0.3 is 29.0 Å². The van der Waals surface area contributed by atoms with Crippen LogP contribution in [0.3, 0.4) is 0 Å². The molecule has 0 aliphatic carbocycles. The first-order valence-corrected chi connectivity index (χ1v) is 35.5. The molecule has 3 N–H and O–H groups in total. The third-order valence-corrected chi connectivity index (χ3v) is 18.2. The van der Waals surface area contributed by atoms with Gasteiger partial charge in [0.2, 0.25) is 0 Å². The molecule has 1 radical (unpaired) electrons. The van der Waals surface area contributed by atoms with Crippen molar-refractivity contribution in [2.75, 3.05) is 26.4 Å². The average molecular weight is 1460 g/mol. The number of halogens is 2. The van der Waals surface area contributed by atoms with Gasteiger partial charge in [0.1, 0.15) is 5.75 Å². The van der Waals surface area contributed by atoms with Crippen molar-refractivity contribution in [3.8, 4) is 28.0 Å². The van der Waals surface area contributed by atoms with E-state index in [4.69, 9.17) is 23.3 Å². The summed E-state index contributed by atoms with van der Waals surface area (Å²) in [6.45, 7) is 18.2. The Morgan fingerprint density at radius 3 is 0.980 bits per heavy atom. The van der Waals surface area contributed by atoms with Crippen molar-refractivity contribution < 1.29 is 65.7 Å². The fraction of sp³-hybridized carbons (Fsp3) is 0.177. The van der Waals surface area contributed by atoms with Gasteiger partial charge in [-0.3, -0.25) is 4.98 Å². The van der Waals surface area contributed by atoms with Crippen molar-refractivity contribution in [3.05, 3.63) is 325 Å². The molecule has 0 atom stereocenters. The van der Waals surface area contributed by atoms with Crippen LogP contribution in [-0.4, -0.2) is 75.5 Å². The zero-order valence-corrected chi connectivity index (χ0v) is 59.1. The number of hydrogen-bond donors (Lipinski definition) is 3. The van der Waals surface area contributed by atoms with E-state index in [-0.39, 0.29) is 14.2 Å². The highest BCUT2D eigenvalue weighted by Gasteiger charge is 2.28. The molecular weight excluding hydrogens is 1380 g/mol. The van der Waals surface area contributed by atoms with Crippen LogP contribution in [0.4, 0.5) is 0 Å². The number of pyridine rings is 7. The Kier molecular flexibility index (Phi) is 26.6. The van der Waals surface area contributed by atoms with Gasteiger partial charge in [0.25, 0.3) is 0 Å². The van der Waals surface area contributed by atoms with Crippen LogP contribution in [-0.2, 0) is 68.5 Å². The second-order valence-corrected chi connectivity index (χ2v) is 25.6. The fourth-order valence-corrected chi connectivity index (χ4v) is 12.6. The standard InChI is InChI=1S/C40H39B2N4O4.C32H34B2Br2N2O4.C7H7N/c1-3-31-5-13-43(14-6-31)27-33-21-34(24-39(23-33)42(48)49)28-45-17-9-37(10-18-45)38-11-19-46(20-12-38)30-36-22-35(25-40(26-36)50-41-47)29-44-15-7-32(4-2)8-16-44;35-21-25-15-27(19-31(17-25)33-39-11-1-12-40-33)23-37-7-3-29(4-8-37)30-5-9-38(10-6-30)24-28-16-26(22-36)18-32(20-28)34-41-13-2-14-42-34;1-2-7-3-5-8-6-4-7/h3-26,47-49H,1-2,27-30H2;3-10,15-20H,1-2,11-14,21-24H2;2-6H,1H2/q+4;+2;. The Bertz CT molecular complexity index is 4350. The summed E-state index contributed by atoms with van der Waals surface area (Å²) in [5.41, 5.74) is 19.4. The quantitative estimate of drug-likeness (QED) is 0.0309. The second-order valence-electron chi connectivity index (χ2n) is 24.5. The maximum atomic E-state index is 9.96. The Morgan fingerprint density at radius 2 is 0.690 bits per heavy atom. The van der Waals surface area contributed by atoms with Gasteiger partial charge < -0.3 is 38.3 Å². The molecule has 0 saturated carbocycles. The van der Waals surface area contributed by atoms with Crippen LogP contribution >= 0.6 is 31.9 Å². The fourth-order valence-electron chi connectivity index (χ4n) is 11.9. The summed E-state index contributed by atoms with van der Waals surface area (Å²) in [5, 5.41) is 30.8. The van der Waals surface area contributed by atoms with E-state index in [9.17, 15) is 15.1 Å².